The van der Waals surface area contributed by atoms with Crippen LogP contribution in [0.25, 0.3) is 0 Å². The smallest absolute Gasteiger partial charge is 0.0666 e. The second-order valence-corrected chi connectivity index (χ2v) is 9.39. The number of halogens is 1. The fourth-order valence-electron chi connectivity index (χ4n) is 3.95. The van der Waals surface area contributed by atoms with Crippen molar-refractivity contribution in [1.29, 1.82) is 0 Å². The van der Waals surface area contributed by atoms with Crippen LogP contribution >= 0.6 is 11.6 Å². The third-order valence-corrected chi connectivity index (χ3v) is 6.51. The highest BCUT2D eigenvalue weighted by Gasteiger charge is 2.23. The van der Waals surface area contributed by atoms with Gasteiger partial charge >= 0.3 is 0 Å². The summed E-state index contributed by atoms with van der Waals surface area (Å²) in [5, 5.41) is 0. The predicted octanol–water partition coefficient (Wildman–Crippen LogP) is 9.57. The summed E-state index contributed by atoms with van der Waals surface area (Å²) in [7, 11) is 0. The van der Waals surface area contributed by atoms with Gasteiger partial charge < -0.3 is 0 Å². The van der Waals surface area contributed by atoms with Crippen molar-refractivity contribution >= 4 is 11.6 Å². The van der Waals surface area contributed by atoms with Gasteiger partial charge in [0.15, 0.2) is 0 Å². The van der Waals surface area contributed by atoms with Crippen LogP contribution in [0.3, 0.4) is 0 Å². The minimum Gasteiger partial charge on any atom is -0.114 e. The van der Waals surface area contributed by atoms with Crippen LogP contribution in [-0.2, 0) is 11.3 Å². The van der Waals surface area contributed by atoms with E-state index in [1.807, 2.05) is 0 Å². The van der Waals surface area contributed by atoms with Gasteiger partial charge in [-0.2, -0.15) is 0 Å². The molecule has 0 aliphatic rings. The number of benzene rings is 1. The van der Waals surface area contributed by atoms with Gasteiger partial charge in [0, 0.05) is 0 Å². The van der Waals surface area contributed by atoms with Crippen LogP contribution in [0.5, 0.6) is 0 Å². The zero-order valence-corrected chi connectivity index (χ0v) is 19.3. The molecule has 156 valence electrons. The molecule has 1 unspecified atom stereocenters. The van der Waals surface area contributed by atoms with Crippen LogP contribution in [0.1, 0.15) is 128 Å². The number of hydrogen-bond acceptors (Lipinski definition) is 0. The minimum atomic E-state index is -0.216. The number of aryl methyl sites for hydroxylation is 1. The molecule has 0 saturated heterocycles. The van der Waals surface area contributed by atoms with E-state index in [2.05, 4.69) is 45.0 Å². The van der Waals surface area contributed by atoms with E-state index in [1.54, 1.807) is 0 Å². The Morgan fingerprint density at radius 3 is 1.59 bits per heavy atom. The van der Waals surface area contributed by atoms with Crippen molar-refractivity contribution in [3.05, 3.63) is 35.4 Å². The second-order valence-electron chi connectivity index (χ2n) is 8.55. The molecule has 1 rings (SSSR count). The summed E-state index contributed by atoms with van der Waals surface area (Å²) in [4.78, 5) is -0.216. The fourth-order valence-corrected chi connectivity index (χ4v) is 4.13. The summed E-state index contributed by atoms with van der Waals surface area (Å²) in [6.07, 6.45) is 22.0. The van der Waals surface area contributed by atoms with Crippen molar-refractivity contribution in [2.45, 2.75) is 128 Å². The number of rotatable bonds is 17. The number of hydrogen-bond donors (Lipinski definition) is 0. The van der Waals surface area contributed by atoms with Gasteiger partial charge in [-0.1, -0.05) is 122 Å². The van der Waals surface area contributed by atoms with Gasteiger partial charge in [-0.25, -0.2) is 0 Å². The fraction of sp³-hybridized carbons (Fsp3) is 0.769. The van der Waals surface area contributed by atoms with Crippen molar-refractivity contribution in [2.75, 3.05) is 0 Å². The summed E-state index contributed by atoms with van der Waals surface area (Å²) in [6, 6.07) is 8.77. The molecular formula is C26H45Cl. The first-order valence-electron chi connectivity index (χ1n) is 11.9. The summed E-state index contributed by atoms with van der Waals surface area (Å²) >= 11 is 6.72. The lowest BCUT2D eigenvalue weighted by Crippen LogP contribution is -2.14. The lowest BCUT2D eigenvalue weighted by Gasteiger charge is -2.24. The maximum atomic E-state index is 6.72. The highest BCUT2D eigenvalue weighted by Crippen LogP contribution is 2.34. The first-order valence-corrected chi connectivity index (χ1v) is 12.3. The SMILES string of the molecule is CCCCCCCCCCCCCCCCc1ccccc1C(C)(Cl)CC. The van der Waals surface area contributed by atoms with Crippen LogP contribution in [0.15, 0.2) is 24.3 Å². The van der Waals surface area contributed by atoms with Crippen LogP contribution < -0.4 is 0 Å². The molecule has 0 aromatic heterocycles. The Morgan fingerprint density at radius 1 is 0.667 bits per heavy atom. The highest BCUT2D eigenvalue weighted by atomic mass is 35.5. The Morgan fingerprint density at radius 2 is 1.11 bits per heavy atom. The predicted molar refractivity (Wildman–Crippen MR) is 124 cm³/mol. The molecule has 0 aliphatic carbocycles. The monoisotopic (exact) mass is 392 g/mol. The largest absolute Gasteiger partial charge is 0.114 e. The van der Waals surface area contributed by atoms with Crippen molar-refractivity contribution in [1.82, 2.24) is 0 Å². The van der Waals surface area contributed by atoms with Crippen LogP contribution in [-0.4, -0.2) is 0 Å². The summed E-state index contributed by atoms with van der Waals surface area (Å²) in [5.41, 5.74) is 2.79. The Bertz CT molecular complexity index is 463. The molecule has 0 nitrogen and oxygen atoms in total. The Hall–Kier alpha value is -0.490. The van der Waals surface area contributed by atoms with E-state index >= 15 is 0 Å². The minimum absolute atomic E-state index is 0.216. The van der Waals surface area contributed by atoms with Gasteiger partial charge in [-0.3, -0.25) is 0 Å². The Balaban J connectivity index is 2.01. The van der Waals surface area contributed by atoms with Crippen molar-refractivity contribution in [2.24, 2.45) is 0 Å². The molecule has 27 heavy (non-hydrogen) atoms. The molecule has 0 bridgehead atoms. The maximum Gasteiger partial charge on any atom is 0.0666 e. The Kier molecular flexibility index (Phi) is 14.0. The van der Waals surface area contributed by atoms with Crippen LogP contribution in [0, 0.1) is 0 Å². The molecule has 1 heteroatoms. The van der Waals surface area contributed by atoms with E-state index in [0.29, 0.717) is 0 Å². The van der Waals surface area contributed by atoms with Gasteiger partial charge in [0.05, 0.1) is 4.87 Å². The average molecular weight is 393 g/mol. The molecular weight excluding hydrogens is 348 g/mol. The summed E-state index contributed by atoms with van der Waals surface area (Å²) in [5.74, 6) is 0. The molecule has 0 amide bonds. The average Bonchev–Trinajstić information content (AvgIpc) is 2.68. The van der Waals surface area contributed by atoms with E-state index in [0.717, 1.165) is 6.42 Å². The van der Waals surface area contributed by atoms with Gasteiger partial charge in [0.25, 0.3) is 0 Å². The Labute approximate surface area is 175 Å². The molecule has 0 spiro atoms. The summed E-state index contributed by atoms with van der Waals surface area (Å²) < 4.78 is 0. The van der Waals surface area contributed by atoms with Gasteiger partial charge in [0.1, 0.15) is 0 Å². The zero-order chi connectivity index (χ0) is 19.8. The molecule has 0 saturated carbocycles. The highest BCUT2D eigenvalue weighted by molar-refractivity contribution is 6.23. The van der Waals surface area contributed by atoms with Crippen molar-refractivity contribution in [3.8, 4) is 0 Å². The molecule has 1 aromatic carbocycles. The van der Waals surface area contributed by atoms with E-state index in [4.69, 9.17) is 11.6 Å². The van der Waals surface area contributed by atoms with E-state index < -0.39 is 0 Å². The molecule has 1 aromatic rings. The summed E-state index contributed by atoms with van der Waals surface area (Å²) in [6.45, 7) is 6.62. The normalized spacial score (nSPS) is 13.6. The number of unbranched alkanes of at least 4 members (excludes halogenated alkanes) is 13. The van der Waals surface area contributed by atoms with Crippen molar-refractivity contribution in [3.63, 3.8) is 0 Å². The van der Waals surface area contributed by atoms with Crippen LogP contribution in [0.2, 0.25) is 0 Å². The van der Waals surface area contributed by atoms with Crippen LogP contribution in [0.4, 0.5) is 0 Å². The van der Waals surface area contributed by atoms with Gasteiger partial charge in [-0.15, -0.1) is 11.6 Å². The zero-order valence-electron chi connectivity index (χ0n) is 18.5. The molecule has 0 heterocycles. The lowest BCUT2D eigenvalue weighted by atomic mass is 9.90. The third-order valence-electron chi connectivity index (χ3n) is 6.04. The third kappa shape index (κ3) is 11.2. The maximum absolute atomic E-state index is 6.72. The molecule has 0 N–H and O–H groups in total. The lowest BCUT2D eigenvalue weighted by molar-refractivity contribution is 0.535. The first kappa shape index (κ1) is 24.5. The quantitative estimate of drug-likeness (QED) is 0.183. The molecule has 0 fully saturated rings. The topological polar surface area (TPSA) is 0 Å². The van der Waals surface area contributed by atoms with E-state index in [-0.39, 0.29) is 4.87 Å². The van der Waals surface area contributed by atoms with Crippen molar-refractivity contribution < 1.29 is 0 Å². The standard InChI is InChI=1S/C26H45Cl/c1-4-6-7-8-9-10-11-12-13-14-15-16-17-18-21-24-22-19-20-23-25(24)26(3,27)5-2/h19-20,22-23H,4-18,21H2,1-3H3. The molecule has 1 atom stereocenters. The van der Waals surface area contributed by atoms with Gasteiger partial charge in [-0.05, 0) is 37.3 Å². The molecule has 0 radical (unpaired) electrons. The number of alkyl halides is 1. The van der Waals surface area contributed by atoms with E-state index in [1.165, 1.54) is 107 Å². The second kappa shape index (κ2) is 15.4. The van der Waals surface area contributed by atoms with Gasteiger partial charge in [0.2, 0.25) is 0 Å². The van der Waals surface area contributed by atoms with E-state index in [9.17, 15) is 0 Å². The molecule has 0 aliphatic heterocycles. The first-order chi connectivity index (χ1) is 13.1.